The fourth-order valence-electron chi connectivity index (χ4n) is 7.03. The fraction of sp³-hybridized carbons (Fsp3) is 0.452. The number of rotatable bonds is 11. The lowest BCUT2D eigenvalue weighted by Crippen LogP contribution is -2.57. The number of amides is 2. The van der Waals surface area contributed by atoms with E-state index in [1.807, 2.05) is 30.3 Å². The van der Waals surface area contributed by atoms with Gasteiger partial charge in [-0.3, -0.25) is 14.4 Å². The third kappa shape index (κ3) is 4.66. The Morgan fingerprint density at radius 1 is 1.15 bits per heavy atom. The number of carbonyl (C=O) groups is 3. The second-order valence-corrected chi connectivity index (χ2v) is 12.0. The predicted molar refractivity (Wildman–Crippen MR) is 159 cm³/mol. The van der Waals surface area contributed by atoms with Crippen LogP contribution in [0, 0.1) is 11.8 Å². The number of aliphatic hydroxyl groups excluding tert-OH is 1. The van der Waals surface area contributed by atoms with E-state index in [0.29, 0.717) is 17.7 Å². The maximum Gasteiger partial charge on any atom is 0.310 e. The van der Waals surface area contributed by atoms with Crippen molar-refractivity contribution in [3.05, 3.63) is 72.8 Å². The minimum atomic E-state index is -1.36. The minimum absolute atomic E-state index is 0.168. The minimum Gasteiger partial charge on any atom is -0.481 e. The molecule has 1 spiro atoms. The summed E-state index contributed by atoms with van der Waals surface area (Å²) in [4.78, 5) is 46.3. The van der Waals surface area contributed by atoms with Gasteiger partial charge in [0.2, 0.25) is 5.91 Å². The van der Waals surface area contributed by atoms with Gasteiger partial charge >= 0.3 is 5.97 Å². The van der Waals surface area contributed by atoms with Crippen molar-refractivity contribution < 1.29 is 29.3 Å². The number of aliphatic hydroxyl groups is 1. The molecule has 2 aromatic carbocycles. The molecular weight excluding hydrogens is 590 g/mol. The number of nitrogens with zero attached hydrogens (tertiary/aromatic N) is 3. The summed E-state index contributed by atoms with van der Waals surface area (Å²) >= 11 is 3.59. The van der Waals surface area contributed by atoms with Gasteiger partial charge in [-0.05, 0) is 50.1 Å². The van der Waals surface area contributed by atoms with Gasteiger partial charge in [-0.2, -0.15) is 0 Å². The second kappa shape index (κ2) is 11.6. The van der Waals surface area contributed by atoms with Crippen molar-refractivity contribution in [3.8, 4) is 0 Å². The van der Waals surface area contributed by atoms with E-state index < -0.39 is 60.0 Å². The smallest absolute Gasteiger partial charge is 0.310 e. The standard InChI is InChI=1S/C31H36BrN3O6/c1-4-16-34(21-14-12-20(13-15-21)33(5-2)6-3)29(38)27-31-17-22(32)26(41-31)24(30(39)40)25(31)28(37)35(27)23(18-36)19-10-8-7-9-11-19/h4,7-15,22-27,36H,1,5-6,16-18H2,2-3H3,(H,39,40)/t22?,23-,24+,25-,26+,27+,31-/m1/s1. The molecule has 0 aromatic heterocycles. The highest BCUT2D eigenvalue weighted by molar-refractivity contribution is 9.09. The third-order valence-electron chi connectivity index (χ3n) is 8.81. The summed E-state index contributed by atoms with van der Waals surface area (Å²) in [5, 5.41) is 20.8. The zero-order valence-corrected chi connectivity index (χ0v) is 24.8. The number of anilines is 2. The van der Waals surface area contributed by atoms with Crippen molar-refractivity contribution >= 4 is 45.1 Å². The number of halogens is 1. The summed E-state index contributed by atoms with van der Waals surface area (Å²) in [7, 11) is 0. The zero-order valence-electron chi connectivity index (χ0n) is 23.2. The molecule has 2 aromatic rings. The molecule has 0 aliphatic carbocycles. The number of carbonyl (C=O) groups excluding carboxylic acids is 2. The number of likely N-dealkylation sites (tertiary alicyclic amines) is 1. The molecule has 3 fully saturated rings. The van der Waals surface area contributed by atoms with Crippen LogP contribution in [0.4, 0.5) is 11.4 Å². The number of aliphatic carboxylic acids is 1. The van der Waals surface area contributed by atoms with Gasteiger partial charge in [0, 0.05) is 35.8 Å². The maximum atomic E-state index is 14.7. The van der Waals surface area contributed by atoms with E-state index in [2.05, 4.69) is 41.3 Å². The Balaban J connectivity index is 1.62. The van der Waals surface area contributed by atoms with E-state index in [0.717, 1.165) is 18.8 Å². The van der Waals surface area contributed by atoms with Crippen LogP contribution in [-0.4, -0.2) is 81.7 Å². The first-order chi connectivity index (χ1) is 19.7. The van der Waals surface area contributed by atoms with Crippen molar-refractivity contribution in [1.29, 1.82) is 0 Å². The molecule has 3 heterocycles. The molecule has 5 rings (SSSR count). The fourth-order valence-corrected chi connectivity index (χ4v) is 7.97. The first-order valence-electron chi connectivity index (χ1n) is 14.0. The highest BCUT2D eigenvalue weighted by Crippen LogP contribution is 2.61. The van der Waals surface area contributed by atoms with Crippen molar-refractivity contribution in [2.45, 2.75) is 48.9 Å². The van der Waals surface area contributed by atoms with E-state index in [-0.39, 0.29) is 11.4 Å². The van der Waals surface area contributed by atoms with E-state index in [1.54, 1.807) is 35.2 Å². The maximum absolute atomic E-state index is 14.7. The van der Waals surface area contributed by atoms with Gasteiger partial charge in [-0.25, -0.2) is 0 Å². The number of benzene rings is 2. The number of fused-ring (bicyclic) bond motifs is 1. The number of carboxylic acid groups (broad SMARTS) is 1. The molecule has 218 valence electrons. The van der Waals surface area contributed by atoms with Crippen LogP contribution in [-0.2, 0) is 19.1 Å². The van der Waals surface area contributed by atoms with Crippen LogP contribution in [0.1, 0.15) is 31.9 Å². The monoisotopic (exact) mass is 625 g/mol. The Labute approximate surface area is 248 Å². The summed E-state index contributed by atoms with van der Waals surface area (Å²) in [6.45, 7) is 9.42. The van der Waals surface area contributed by atoms with E-state index in [4.69, 9.17) is 4.74 Å². The van der Waals surface area contributed by atoms with Crippen LogP contribution >= 0.6 is 15.9 Å². The Hall–Kier alpha value is -3.21. The number of ether oxygens (including phenoxy) is 1. The van der Waals surface area contributed by atoms with Crippen molar-refractivity contribution in [1.82, 2.24) is 4.90 Å². The Morgan fingerprint density at radius 3 is 2.34 bits per heavy atom. The molecule has 3 aliphatic heterocycles. The number of carboxylic acids is 1. The van der Waals surface area contributed by atoms with Crippen LogP contribution in [0.2, 0.25) is 0 Å². The van der Waals surface area contributed by atoms with Crippen LogP contribution in [0.25, 0.3) is 0 Å². The van der Waals surface area contributed by atoms with Crippen LogP contribution < -0.4 is 9.80 Å². The number of hydrogen-bond donors (Lipinski definition) is 2. The molecule has 3 saturated heterocycles. The van der Waals surface area contributed by atoms with Crippen molar-refractivity contribution in [3.63, 3.8) is 0 Å². The lowest BCUT2D eigenvalue weighted by atomic mass is 9.70. The van der Waals surface area contributed by atoms with Gasteiger partial charge in [0.05, 0.1) is 30.6 Å². The van der Waals surface area contributed by atoms with E-state index in [9.17, 15) is 24.6 Å². The molecule has 7 atom stereocenters. The average Bonchev–Trinajstić information content (AvgIpc) is 3.57. The molecule has 41 heavy (non-hydrogen) atoms. The summed E-state index contributed by atoms with van der Waals surface area (Å²) in [6, 6.07) is 14.6. The average molecular weight is 627 g/mol. The van der Waals surface area contributed by atoms with Gasteiger partial charge < -0.3 is 29.6 Å². The van der Waals surface area contributed by atoms with Crippen LogP contribution in [0.15, 0.2) is 67.3 Å². The SMILES string of the molecule is C=CCN(C(=O)[C@@H]1N([C@H](CO)c2ccccc2)C(=O)[C@H]2[C@H](C(=O)O)[C@H]3O[C@@]12CC3Br)c1ccc(N(CC)CC)cc1. The van der Waals surface area contributed by atoms with Gasteiger partial charge in [0.15, 0.2) is 0 Å². The number of hydrogen-bond acceptors (Lipinski definition) is 6. The van der Waals surface area contributed by atoms with Gasteiger partial charge in [-0.1, -0.05) is 52.3 Å². The molecular formula is C31H36BrN3O6. The Kier molecular flexibility index (Phi) is 8.27. The zero-order chi connectivity index (χ0) is 29.5. The van der Waals surface area contributed by atoms with E-state index >= 15 is 0 Å². The molecule has 2 bridgehead atoms. The summed E-state index contributed by atoms with van der Waals surface area (Å²) in [5.41, 5.74) is 0.928. The van der Waals surface area contributed by atoms with Gasteiger partial charge in [-0.15, -0.1) is 6.58 Å². The molecule has 9 nitrogen and oxygen atoms in total. The molecule has 2 N–H and O–H groups in total. The molecule has 3 aliphatic rings. The Morgan fingerprint density at radius 2 is 1.78 bits per heavy atom. The first kappa shape index (κ1) is 29.3. The quantitative estimate of drug-likeness (QED) is 0.290. The summed E-state index contributed by atoms with van der Waals surface area (Å²) < 4.78 is 6.43. The van der Waals surface area contributed by atoms with Gasteiger partial charge in [0.1, 0.15) is 11.6 Å². The molecule has 2 amide bonds. The topological polar surface area (TPSA) is 111 Å². The van der Waals surface area contributed by atoms with Gasteiger partial charge in [0.25, 0.3) is 5.91 Å². The molecule has 10 heteroatoms. The second-order valence-electron chi connectivity index (χ2n) is 10.8. The summed E-state index contributed by atoms with van der Waals surface area (Å²) in [6.07, 6.45) is 1.16. The van der Waals surface area contributed by atoms with Crippen molar-refractivity contribution in [2.24, 2.45) is 11.8 Å². The first-order valence-corrected chi connectivity index (χ1v) is 15.0. The Bertz CT molecular complexity index is 1300. The highest BCUT2D eigenvalue weighted by atomic mass is 79.9. The molecule has 0 saturated carbocycles. The summed E-state index contributed by atoms with van der Waals surface area (Å²) in [5.74, 6) is -4.20. The number of alkyl halides is 1. The van der Waals surface area contributed by atoms with E-state index in [1.165, 1.54) is 4.90 Å². The lowest BCUT2D eigenvalue weighted by Gasteiger charge is -2.39. The molecule has 0 radical (unpaired) electrons. The van der Waals surface area contributed by atoms with Crippen molar-refractivity contribution in [2.75, 3.05) is 36.0 Å². The lowest BCUT2D eigenvalue weighted by molar-refractivity contribution is -0.151. The van der Waals surface area contributed by atoms with Crippen LogP contribution in [0.3, 0.4) is 0 Å². The normalized spacial score (nSPS) is 28.8. The third-order valence-corrected chi connectivity index (χ3v) is 9.65. The predicted octanol–water partition coefficient (Wildman–Crippen LogP) is 3.62. The van der Waals surface area contributed by atoms with Crippen LogP contribution in [0.5, 0.6) is 0 Å². The largest absolute Gasteiger partial charge is 0.481 e. The highest BCUT2D eigenvalue weighted by Gasteiger charge is 2.77. The molecule has 1 unspecified atom stereocenters.